The van der Waals surface area contributed by atoms with Gasteiger partial charge in [-0.25, -0.2) is 8.42 Å². The molecule has 6 nitrogen and oxygen atoms in total. The van der Waals surface area contributed by atoms with E-state index in [2.05, 4.69) is 23.6 Å². The highest BCUT2D eigenvalue weighted by atomic mass is 35.5. The van der Waals surface area contributed by atoms with E-state index in [1.54, 1.807) is 16.4 Å². The molecule has 1 heterocycles. The lowest BCUT2D eigenvalue weighted by molar-refractivity contribution is 0.0708. The number of benzene rings is 1. The molecule has 0 aliphatic carbocycles. The van der Waals surface area contributed by atoms with E-state index in [9.17, 15) is 8.42 Å². The molecule has 1 aliphatic rings. The minimum Gasteiger partial charge on any atom is -0.495 e. The molecule has 2 atom stereocenters. The predicted octanol–water partition coefficient (Wildman–Crippen LogP) is 1.99. The number of hydrogen-bond donors (Lipinski definition) is 0. The quantitative estimate of drug-likeness (QED) is 0.744. The molecule has 2 unspecified atom stereocenters. The fourth-order valence-electron chi connectivity index (χ4n) is 3.22. The van der Waals surface area contributed by atoms with Crippen LogP contribution in [0.3, 0.4) is 0 Å². The van der Waals surface area contributed by atoms with Crippen LogP contribution < -0.4 is 4.74 Å². The summed E-state index contributed by atoms with van der Waals surface area (Å²) in [5.41, 5.74) is 0. The number of piperazine rings is 1. The SMILES string of the molecule is COc1ccc(S(=O)(=O)N2CC(C)N(CCN(C)C)C(C)C2)cc1Cl. The monoisotopic (exact) mass is 389 g/mol. The van der Waals surface area contributed by atoms with Crippen molar-refractivity contribution in [2.45, 2.75) is 30.8 Å². The number of rotatable bonds is 6. The summed E-state index contributed by atoms with van der Waals surface area (Å²) in [4.78, 5) is 4.72. The Balaban J connectivity index is 2.17. The van der Waals surface area contributed by atoms with Crippen LogP contribution in [-0.2, 0) is 10.0 Å². The predicted molar refractivity (Wildman–Crippen MR) is 101 cm³/mol. The standard InChI is InChI=1S/C17H28ClN3O3S/c1-13-11-20(12-14(2)21(13)9-8-19(3)4)25(22,23)15-6-7-17(24-5)16(18)10-15/h6-7,10,13-14H,8-9,11-12H2,1-5H3. The zero-order chi connectivity index (χ0) is 18.8. The molecule has 0 amide bonds. The van der Waals surface area contributed by atoms with E-state index in [1.807, 2.05) is 14.1 Å². The normalized spacial score (nSPS) is 23.2. The Morgan fingerprint density at radius 1 is 1.24 bits per heavy atom. The molecule has 1 fully saturated rings. The first kappa shape index (κ1) is 20.5. The molecule has 142 valence electrons. The lowest BCUT2D eigenvalue weighted by Crippen LogP contribution is -2.58. The van der Waals surface area contributed by atoms with Gasteiger partial charge in [0.05, 0.1) is 17.0 Å². The molecule has 25 heavy (non-hydrogen) atoms. The maximum atomic E-state index is 13.0. The van der Waals surface area contributed by atoms with Crippen LogP contribution in [0.5, 0.6) is 5.75 Å². The van der Waals surface area contributed by atoms with Gasteiger partial charge in [-0.3, -0.25) is 4.90 Å². The molecule has 1 aromatic rings. The molecule has 1 aromatic carbocycles. The minimum atomic E-state index is -3.57. The number of halogens is 1. The number of methoxy groups -OCH3 is 1. The molecule has 1 saturated heterocycles. The van der Waals surface area contributed by atoms with Gasteiger partial charge in [-0.05, 0) is 46.1 Å². The van der Waals surface area contributed by atoms with Gasteiger partial charge in [-0.2, -0.15) is 4.31 Å². The third-order valence-corrected chi connectivity index (χ3v) is 6.76. The third kappa shape index (κ3) is 4.65. The fourth-order valence-corrected chi connectivity index (χ4v) is 5.17. The van der Waals surface area contributed by atoms with Crippen molar-refractivity contribution in [3.8, 4) is 5.75 Å². The highest BCUT2D eigenvalue weighted by Gasteiger charge is 2.36. The van der Waals surface area contributed by atoms with Crippen LogP contribution in [0.1, 0.15) is 13.8 Å². The smallest absolute Gasteiger partial charge is 0.243 e. The number of ether oxygens (including phenoxy) is 1. The van der Waals surface area contributed by atoms with Crippen LogP contribution in [0.4, 0.5) is 0 Å². The van der Waals surface area contributed by atoms with Crippen molar-refractivity contribution < 1.29 is 13.2 Å². The molecule has 0 saturated carbocycles. The first-order chi connectivity index (χ1) is 11.7. The average Bonchev–Trinajstić information content (AvgIpc) is 2.53. The van der Waals surface area contributed by atoms with Gasteiger partial charge < -0.3 is 9.64 Å². The first-order valence-electron chi connectivity index (χ1n) is 8.41. The molecular formula is C17H28ClN3O3S. The molecule has 2 rings (SSSR count). The largest absolute Gasteiger partial charge is 0.495 e. The number of nitrogens with zero attached hydrogens (tertiary/aromatic N) is 3. The summed E-state index contributed by atoms with van der Waals surface area (Å²) < 4.78 is 32.7. The Bertz CT molecular complexity index is 684. The second kappa shape index (κ2) is 8.22. The average molecular weight is 390 g/mol. The summed E-state index contributed by atoms with van der Waals surface area (Å²) in [6.07, 6.45) is 0. The van der Waals surface area contributed by atoms with Gasteiger partial charge in [-0.1, -0.05) is 11.6 Å². The van der Waals surface area contributed by atoms with Gasteiger partial charge in [0.15, 0.2) is 0 Å². The van der Waals surface area contributed by atoms with E-state index in [0.29, 0.717) is 23.9 Å². The van der Waals surface area contributed by atoms with Crippen LogP contribution in [-0.4, -0.2) is 82.0 Å². The van der Waals surface area contributed by atoms with Crippen molar-refractivity contribution in [2.75, 3.05) is 47.4 Å². The molecule has 0 N–H and O–H groups in total. The van der Waals surface area contributed by atoms with Crippen LogP contribution >= 0.6 is 11.6 Å². The van der Waals surface area contributed by atoms with Crippen LogP contribution in [0.15, 0.2) is 23.1 Å². The van der Waals surface area contributed by atoms with E-state index >= 15 is 0 Å². The molecule has 1 aliphatic heterocycles. The Morgan fingerprint density at radius 3 is 2.32 bits per heavy atom. The summed E-state index contributed by atoms with van der Waals surface area (Å²) in [7, 11) is 2.02. The maximum Gasteiger partial charge on any atom is 0.243 e. The summed E-state index contributed by atoms with van der Waals surface area (Å²) in [5.74, 6) is 0.468. The van der Waals surface area contributed by atoms with Gasteiger partial charge in [0.1, 0.15) is 5.75 Å². The van der Waals surface area contributed by atoms with Gasteiger partial charge in [0.25, 0.3) is 0 Å². The highest BCUT2D eigenvalue weighted by Crippen LogP contribution is 2.29. The Morgan fingerprint density at radius 2 is 1.84 bits per heavy atom. The van der Waals surface area contributed by atoms with Gasteiger partial charge in [0, 0.05) is 38.3 Å². The summed E-state index contributed by atoms with van der Waals surface area (Å²) in [6, 6.07) is 4.92. The van der Waals surface area contributed by atoms with Crippen molar-refractivity contribution in [3.05, 3.63) is 23.2 Å². The molecule has 0 radical (unpaired) electrons. The summed E-state index contributed by atoms with van der Waals surface area (Å²) in [5, 5.41) is 0.300. The Hall–Kier alpha value is -0.860. The van der Waals surface area contributed by atoms with Crippen molar-refractivity contribution in [2.24, 2.45) is 0 Å². The van der Waals surface area contributed by atoms with E-state index in [-0.39, 0.29) is 17.0 Å². The molecule has 0 aromatic heterocycles. The molecule has 0 spiro atoms. The third-order valence-electron chi connectivity index (χ3n) is 4.63. The Kier molecular flexibility index (Phi) is 6.73. The summed E-state index contributed by atoms with van der Waals surface area (Å²) in [6.45, 7) is 6.99. The van der Waals surface area contributed by atoms with Crippen LogP contribution in [0.2, 0.25) is 5.02 Å². The van der Waals surface area contributed by atoms with E-state index < -0.39 is 10.0 Å². The van der Waals surface area contributed by atoms with E-state index in [0.717, 1.165) is 13.1 Å². The van der Waals surface area contributed by atoms with Crippen LogP contribution in [0.25, 0.3) is 0 Å². The highest BCUT2D eigenvalue weighted by molar-refractivity contribution is 7.89. The lowest BCUT2D eigenvalue weighted by Gasteiger charge is -2.44. The van der Waals surface area contributed by atoms with E-state index in [4.69, 9.17) is 16.3 Å². The first-order valence-corrected chi connectivity index (χ1v) is 10.2. The zero-order valence-electron chi connectivity index (χ0n) is 15.6. The zero-order valence-corrected chi connectivity index (χ0v) is 17.1. The topological polar surface area (TPSA) is 53.1 Å². The van der Waals surface area contributed by atoms with Crippen molar-refractivity contribution in [3.63, 3.8) is 0 Å². The van der Waals surface area contributed by atoms with Crippen molar-refractivity contribution in [1.82, 2.24) is 14.1 Å². The minimum absolute atomic E-state index is 0.159. The number of sulfonamides is 1. The van der Waals surface area contributed by atoms with Crippen LogP contribution in [0, 0.1) is 0 Å². The van der Waals surface area contributed by atoms with E-state index in [1.165, 1.54) is 13.2 Å². The Labute approximate surface area is 156 Å². The van der Waals surface area contributed by atoms with Gasteiger partial charge in [0.2, 0.25) is 10.0 Å². The molecular weight excluding hydrogens is 362 g/mol. The van der Waals surface area contributed by atoms with Crippen molar-refractivity contribution in [1.29, 1.82) is 0 Å². The van der Waals surface area contributed by atoms with Gasteiger partial charge >= 0.3 is 0 Å². The fraction of sp³-hybridized carbons (Fsp3) is 0.647. The number of hydrogen-bond acceptors (Lipinski definition) is 5. The maximum absolute atomic E-state index is 13.0. The lowest BCUT2D eigenvalue weighted by atomic mass is 10.1. The molecule has 8 heteroatoms. The summed E-state index contributed by atoms with van der Waals surface area (Å²) >= 11 is 6.11. The second-order valence-corrected chi connectivity index (χ2v) is 9.20. The van der Waals surface area contributed by atoms with Crippen molar-refractivity contribution >= 4 is 21.6 Å². The number of likely N-dealkylation sites (N-methyl/N-ethyl adjacent to an activating group) is 1. The van der Waals surface area contributed by atoms with Gasteiger partial charge in [-0.15, -0.1) is 0 Å². The second-order valence-electron chi connectivity index (χ2n) is 6.86. The molecule has 0 bridgehead atoms.